The van der Waals surface area contributed by atoms with Crippen LogP contribution in [0.3, 0.4) is 0 Å². The van der Waals surface area contributed by atoms with Gasteiger partial charge < -0.3 is 60.2 Å². The van der Waals surface area contributed by atoms with E-state index in [4.69, 9.17) is 14.2 Å². The lowest BCUT2D eigenvalue weighted by atomic mass is 9.44. The van der Waals surface area contributed by atoms with Crippen LogP contribution in [0.1, 0.15) is 128 Å². The predicted octanol–water partition coefficient (Wildman–Crippen LogP) is 3.20. The number of cyclic esters (lactones) is 1. The Hall–Kier alpha value is -2.42. The SMILES string of the molecule is CC[C@H]1OC(=O)[C@H](C)[C@@H](O)[C@H](C)[C@@H](OC2OC(C)C[C@@H](N(C)C)[C@H]2O)[C@](C)(O)C[C@@H](C)CN(CCCNC(=O)[C@@]2(O)[C@H](C)CC3C4CCC5=CC(=O)C=C[C@]5(C)[C@@]4(F)[C@@H](O)C[C@@]32C)[C@H](C)[C@@H](O)[C@]1(C)O. The molecular formula is C53H88FN3O13. The maximum absolute atomic E-state index is 17.8. The molecule has 0 aromatic heterocycles. The van der Waals surface area contributed by atoms with Gasteiger partial charge in [0.05, 0.1) is 35.9 Å². The van der Waals surface area contributed by atoms with Crippen molar-refractivity contribution in [2.75, 3.05) is 33.7 Å². The van der Waals surface area contributed by atoms with Crippen molar-refractivity contribution >= 4 is 17.7 Å². The fourth-order valence-corrected chi connectivity index (χ4v) is 14.5. The summed E-state index contributed by atoms with van der Waals surface area (Å²) < 4.78 is 36.4. The fourth-order valence-electron chi connectivity index (χ4n) is 14.5. The van der Waals surface area contributed by atoms with Gasteiger partial charge in [-0.2, -0.15) is 0 Å². The molecule has 2 saturated heterocycles. The number of esters is 1. The van der Waals surface area contributed by atoms with Gasteiger partial charge in [-0.05, 0) is 137 Å². The van der Waals surface area contributed by atoms with Crippen LogP contribution in [0.15, 0.2) is 23.8 Å². The van der Waals surface area contributed by atoms with E-state index in [1.807, 2.05) is 37.7 Å². The number of carbonyl (C=O) groups is 3. The van der Waals surface area contributed by atoms with Crippen molar-refractivity contribution in [2.24, 2.45) is 46.3 Å². The third-order valence-corrected chi connectivity index (χ3v) is 18.8. The third-order valence-electron chi connectivity index (χ3n) is 18.8. The van der Waals surface area contributed by atoms with Gasteiger partial charge in [0.2, 0.25) is 0 Å². The Morgan fingerprint density at radius 3 is 2.24 bits per heavy atom. The number of aliphatic hydroxyl groups excluding tert-OH is 4. The number of amides is 1. The monoisotopic (exact) mass is 994 g/mol. The first-order valence-corrected chi connectivity index (χ1v) is 26.1. The van der Waals surface area contributed by atoms with Crippen molar-refractivity contribution in [3.8, 4) is 0 Å². The maximum Gasteiger partial charge on any atom is 0.311 e. The summed E-state index contributed by atoms with van der Waals surface area (Å²) in [5, 5.41) is 87.2. The quantitative estimate of drug-likeness (QED) is 0.122. The van der Waals surface area contributed by atoms with E-state index >= 15 is 4.39 Å². The number of fused-ring (bicyclic) bond motifs is 5. The number of aliphatic hydroxyl groups is 7. The Morgan fingerprint density at radius 2 is 1.61 bits per heavy atom. The number of halogens is 1. The summed E-state index contributed by atoms with van der Waals surface area (Å²) in [6.07, 6.45) is -2.79. The molecule has 4 unspecified atom stereocenters. The first-order valence-electron chi connectivity index (χ1n) is 26.1. The number of hydrogen-bond donors (Lipinski definition) is 8. The van der Waals surface area contributed by atoms with Crippen LogP contribution in [-0.4, -0.2) is 181 Å². The van der Waals surface area contributed by atoms with Crippen molar-refractivity contribution in [1.82, 2.24) is 15.1 Å². The number of alkyl halides is 1. The Kier molecular flexibility index (Phi) is 16.8. The van der Waals surface area contributed by atoms with Crippen LogP contribution in [-0.2, 0) is 28.6 Å². The lowest BCUT2D eigenvalue weighted by molar-refractivity contribution is -0.299. The number of carbonyl (C=O) groups excluding carboxylic acids is 3. The van der Waals surface area contributed by atoms with E-state index in [1.165, 1.54) is 26.0 Å². The van der Waals surface area contributed by atoms with Crippen LogP contribution in [0.4, 0.5) is 4.39 Å². The standard InChI is InChI=1S/C53H88FN3O13/c1-14-40-51(11,66)43(62)33(7)57(27-28(2)25-50(10,65)44(31(5)41(60)32(6)45(63)69-40)70-46-42(61)38(56(12)13)23-30(4)68-46)21-15-20-55-47(64)53(67)29(3)22-37-36-17-16-34-24-35(58)18-19-48(34,8)52(36,54)39(59)26-49(37,53)9/h18-19,24,28-33,36-44,46,59-62,65-67H,14-17,20-23,25-27H2,1-13H3,(H,55,64)/t28-,29-,30?,31+,32-,33-,36?,37?,38-,39+,40-,41+,42-,43-,44-,46?,48+,49+,50-,51-,52+,53+/m1/s1. The Bertz CT molecular complexity index is 1970. The number of rotatable bonds is 9. The highest BCUT2D eigenvalue weighted by atomic mass is 19.1. The average Bonchev–Trinajstić information content (AvgIpc) is 3.48. The predicted molar refractivity (Wildman–Crippen MR) is 259 cm³/mol. The molecule has 16 nitrogen and oxygen atoms in total. The van der Waals surface area contributed by atoms with Gasteiger partial charge in [-0.25, -0.2) is 4.39 Å². The zero-order valence-corrected chi connectivity index (χ0v) is 44.1. The molecule has 1 amide bonds. The molecule has 6 aliphatic rings. The summed E-state index contributed by atoms with van der Waals surface area (Å²) >= 11 is 0. The third kappa shape index (κ3) is 9.74. The van der Waals surface area contributed by atoms with Gasteiger partial charge in [0, 0.05) is 54.4 Å². The molecule has 70 heavy (non-hydrogen) atoms. The molecule has 0 spiro atoms. The van der Waals surface area contributed by atoms with E-state index in [1.54, 1.807) is 54.5 Å². The van der Waals surface area contributed by atoms with E-state index in [0.29, 0.717) is 37.7 Å². The summed E-state index contributed by atoms with van der Waals surface area (Å²) in [4.78, 5) is 44.4. The maximum atomic E-state index is 17.8. The van der Waals surface area contributed by atoms with Crippen molar-refractivity contribution in [3.63, 3.8) is 0 Å². The second kappa shape index (κ2) is 20.7. The molecule has 0 bridgehead atoms. The first kappa shape index (κ1) is 56.9. The van der Waals surface area contributed by atoms with Crippen molar-refractivity contribution in [2.45, 2.75) is 211 Å². The average molecular weight is 994 g/mol. The molecule has 4 aliphatic carbocycles. The summed E-state index contributed by atoms with van der Waals surface area (Å²) in [7, 11) is 3.70. The number of likely N-dealkylation sites (N-methyl/N-ethyl adjacent to an activating group) is 1. The summed E-state index contributed by atoms with van der Waals surface area (Å²) in [6.45, 7) is 19.3. The van der Waals surface area contributed by atoms with Gasteiger partial charge in [0.15, 0.2) is 23.3 Å². The minimum Gasteiger partial charge on any atom is -0.459 e. The number of nitrogens with zero attached hydrogens (tertiary/aromatic N) is 2. The van der Waals surface area contributed by atoms with Gasteiger partial charge in [-0.15, -0.1) is 0 Å². The lowest BCUT2D eigenvalue weighted by Gasteiger charge is -2.62. The number of ether oxygens (including phenoxy) is 3. The van der Waals surface area contributed by atoms with Crippen LogP contribution in [0.5, 0.6) is 0 Å². The van der Waals surface area contributed by atoms with E-state index in [-0.39, 0.29) is 62.7 Å². The molecule has 3 saturated carbocycles. The van der Waals surface area contributed by atoms with E-state index in [0.717, 1.165) is 0 Å². The largest absolute Gasteiger partial charge is 0.459 e. The first-order chi connectivity index (χ1) is 32.3. The van der Waals surface area contributed by atoms with E-state index in [9.17, 15) is 50.1 Å². The van der Waals surface area contributed by atoms with Gasteiger partial charge >= 0.3 is 5.97 Å². The molecule has 2 aliphatic heterocycles. The minimum absolute atomic E-state index is 0.0922. The normalized spacial score (nSPS) is 49.7. The number of ketones is 1. The van der Waals surface area contributed by atoms with Crippen LogP contribution in [0.2, 0.25) is 0 Å². The molecule has 0 aromatic rings. The van der Waals surface area contributed by atoms with Crippen LogP contribution in [0.25, 0.3) is 0 Å². The molecule has 5 fully saturated rings. The highest BCUT2D eigenvalue weighted by Gasteiger charge is 2.76. The highest BCUT2D eigenvalue weighted by Crippen LogP contribution is 2.70. The van der Waals surface area contributed by atoms with Crippen molar-refractivity contribution < 1.29 is 68.7 Å². The zero-order chi connectivity index (χ0) is 52.4. The molecule has 6 rings (SSSR count). The number of nitrogens with one attached hydrogen (secondary N) is 1. The van der Waals surface area contributed by atoms with Gasteiger partial charge in [-0.3, -0.25) is 19.3 Å². The second-order valence-corrected chi connectivity index (χ2v) is 24.0. The van der Waals surface area contributed by atoms with Gasteiger partial charge in [0.1, 0.15) is 23.9 Å². The molecular weight excluding hydrogens is 906 g/mol. The van der Waals surface area contributed by atoms with Gasteiger partial charge in [-0.1, -0.05) is 46.3 Å². The molecule has 0 radical (unpaired) electrons. The minimum atomic E-state index is -2.11. The fraction of sp³-hybridized carbons (Fsp3) is 0.868. The Balaban J connectivity index is 1.23. The Labute approximate surface area is 415 Å². The number of hydrogen-bond acceptors (Lipinski definition) is 15. The second-order valence-electron chi connectivity index (χ2n) is 24.0. The zero-order valence-electron chi connectivity index (χ0n) is 44.1. The summed E-state index contributed by atoms with van der Waals surface area (Å²) in [6, 6.07) is -1.09. The summed E-state index contributed by atoms with van der Waals surface area (Å²) in [5.74, 6) is -5.72. The van der Waals surface area contributed by atoms with Gasteiger partial charge in [0.25, 0.3) is 5.91 Å². The molecule has 22 atom stereocenters. The topological polar surface area (TPSA) is 239 Å². The molecule has 400 valence electrons. The molecule has 0 aromatic carbocycles. The van der Waals surface area contributed by atoms with E-state index in [2.05, 4.69) is 5.32 Å². The van der Waals surface area contributed by atoms with Crippen LogP contribution in [0, 0.1) is 46.3 Å². The smallest absolute Gasteiger partial charge is 0.311 e. The molecule has 8 N–H and O–H groups in total. The molecule has 17 heteroatoms. The highest BCUT2D eigenvalue weighted by molar-refractivity contribution is 6.01. The summed E-state index contributed by atoms with van der Waals surface area (Å²) in [5.41, 5.74) is -9.43. The van der Waals surface area contributed by atoms with Crippen LogP contribution >= 0.6 is 0 Å². The van der Waals surface area contributed by atoms with Crippen molar-refractivity contribution in [3.05, 3.63) is 23.8 Å². The van der Waals surface area contributed by atoms with Crippen molar-refractivity contribution in [1.29, 1.82) is 0 Å². The van der Waals surface area contributed by atoms with Crippen LogP contribution < -0.4 is 5.32 Å². The lowest BCUT2D eigenvalue weighted by Crippen LogP contribution is -2.70. The number of allylic oxidation sites excluding steroid dienone is 4. The molecule has 2 heterocycles. The Morgan fingerprint density at radius 1 is 0.957 bits per heavy atom. The van der Waals surface area contributed by atoms with E-state index < -0.39 is 124 Å².